The summed E-state index contributed by atoms with van der Waals surface area (Å²) in [6.45, 7) is 5.05. The van der Waals surface area contributed by atoms with Crippen LogP contribution in [-0.4, -0.2) is 34.3 Å². The summed E-state index contributed by atoms with van der Waals surface area (Å²) in [5.41, 5.74) is 0. The van der Waals surface area contributed by atoms with Crippen molar-refractivity contribution in [1.29, 1.82) is 0 Å². The smallest absolute Gasteiger partial charge is 0.267 e. The number of carbonyl (C=O) groups is 2. The molecule has 0 unspecified atom stereocenters. The van der Waals surface area contributed by atoms with Crippen LogP contribution in [0.4, 0.5) is 5.13 Å². The van der Waals surface area contributed by atoms with E-state index in [9.17, 15) is 9.59 Å². The van der Waals surface area contributed by atoms with Gasteiger partial charge in [-0.15, -0.1) is 21.5 Å². The van der Waals surface area contributed by atoms with Gasteiger partial charge in [-0.1, -0.05) is 43.0 Å². The van der Waals surface area contributed by atoms with E-state index in [0.717, 1.165) is 11.7 Å². The summed E-state index contributed by atoms with van der Waals surface area (Å²) in [6.07, 6.45) is 0. The Labute approximate surface area is 140 Å². The van der Waals surface area contributed by atoms with Crippen molar-refractivity contribution in [2.75, 3.05) is 17.6 Å². The van der Waals surface area contributed by atoms with E-state index < -0.39 is 0 Å². The molecule has 2 aromatic heterocycles. The topological polar surface area (TPSA) is 84.0 Å². The maximum atomic E-state index is 11.7. The first-order valence-corrected chi connectivity index (χ1v) is 9.30. The lowest BCUT2D eigenvalue weighted by Crippen LogP contribution is -2.31. The molecule has 0 saturated carbocycles. The molecule has 0 aliphatic heterocycles. The first-order valence-electron chi connectivity index (χ1n) is 6.62. The summed E-state index contributed by atoms with van der Waals surface area (Å²) in [7, 11) is 0. The number of anilines is 1. The van der Waals surface area contributed by atoms with Crippen molar-refractivity contribution in [2.45, 2.75) is 18.2 Å². The van der Waals surface area contributed by atoms with Crippen LogP contribution in [0.5, 0.6) is 0 Å². The Bertz CT molecular complexity index is 625. The number of carbonyl (C=O) groups excluding carboxylic acids is 2. The van der Waals surface area contributed by atoms with Crippen LogP contribution in [0.2, 0.25) is 0 Å². The second kappa shape index (κ2) is 8.25. The van der Waals surface area contributed by atoms with Gasteiger partial charge in [0.1, 0.15) is 0 Å². The summed E-state index contributed by atoms with van der Waals surface area (Å²) in [6, 6.07) is 3.45. The van der Waals surface area contributed by atoms with Gasteiger partial charge in [-0.05, 0) is 17.4 Å². The minimum Gasteiger partial charge on any atom is -0.360 e. The maximum Gasteiger partial charge on any atom is 0.267 e. The van der Waals surface area contributed by atoms with Crippen molar-refractivity contribution in [3.8, 4) is 0 Å². The van der Waals surface area contributed by atoms with E-state index >= 15 is 0 Å². The minimum absolute atomic E-state index is 0.135. The first-order chi connectivity index (χ1) is 10.5. The van der Waals surface area contributed by atoms with Gasteiger partial charge in [-0.3, -0.25) is 14.9 Å². The molecule has 0 radical (unpaired) electrons. The van der Waals surface area contributed by atoms with Gasteiger partial charge in [-0.2, -0.15) is 0 Å². The van der Waals surface area contributed by atoms with E-state index in [0.29, 0.717) is 15.1 Å². The Morgan fingerprint density at radius 3 is 2.86 bits per heavy atom. The highest BCUT2D eigenvalue weighted by Crippen LogP contribution is 2.25. The maximum absolute atomic E-state index is 11.7. The van der Waals surface area contributed by atoms with Gasteiger partial charge in [0.05, 0.1) is 10.6 Å². The fourth-order valence-electron chi connectivity index (χ4n) is 1.39. The highest BCUT2D eigenvalue weighted by Gasteiger charge is 2.13. The number of hydrogen-bond donors (Lipinski definition) is 2. The molecular formula is C13H16N4O2S3. The molecule has 0 aliphatic carbocycles. The number of nitrogens with one attached hydrogen (secondary N) is 2. The van der Waals surface area contributed by atoms with Crippen LogP contribution in [0.1, 0.15) is 23.5 Å². The minimum atomic E-state index is -0.364. The van der Waals surface area contributed by atoms with Crippen LogP contribution in [-0.2, 0) is 4.79 Å². The SMILES string of the molecule is CC(C)CNc1nnc(SCC(=O)NC(=O)c2cccs2)s1. The van der Waals surface area contributed by atoms with Crippen molar-refractivity contribution in [1.82, 2.24) is 15.5 Å². The molecule has 2 N–H and O–H groups in total. The second-order valence-electron chi connectivity index (χ2n) is 4.79. The molecule has 2 amide bonds. The number of nitrogens with zero attached hydrogens (tertiary/aromatic N) is 2. The zero-order valence-electron chi connectivity index (χ0n) is 12.2. The van der Waals surface area contributed by atoms with Gasteiger partial charge in [0.2, 0.25) is 11.0 Å². The lowest BCUT2D eigenvalue weighted by Gasteiger charge is -2.03. The zero-order chi connectivity index (χ0) is 15.9. The number of rotatable bonds is 7. The fourth-order valence-corrected chi connectivity index (χ4v) is 3.57. The summed E-state index contributed by atoms with van der Waals surface area (Å²) in [5.74, 6) is -0.0443. The largest absolute Gasteiger partial charge is 0.360 e. The van der Waals surface area contributed by atoms with Crippen LogP contribution in [0.25, 0.3) is 0 Å². The number of amides is 2. The van der Waals surface area contributed by atoms with E-state index in [1.807, 2.05) is 0 Å². The predicted octanol–water partition coefficient (Wildman–Crippen LogP) is 2.72. The Kier molecular flexibility index (Phi) is 6.34. The quantitative estimate of drug-likeness (QED) is 0.742. The lowest BCUT2D eigenvalue weighted by atomic mass is 10.2. The van der Waals surface area contributed by atoms with Crippen LogP contribution in [0.3, 0.4) is 0 Å². The Hall–Kier alpha value is -1.45. The third-order valence-electron chi connectivity index (χ3n) is 2.39. The molecule has 9 heteroatoms. The van der Waals surface area contributed by atoms with Gasteiger partial charge >= 0.3 is 0 Å². The molecule has 22 heavy (non-hydrogen) atoms. The molecule has 2 aromatic rings. The molecular weight excluding hydrogens is 340 g/mol. The molecule has 118 valence electrons. The number of imide groups is 1. The summed E-state index contributed by atoms with van der Waals surface area (Å²) in [5, 5.41) is 16.1. The van der Waals surface area contributed by atoms with E-state index in [2.05, 4.69) is 34.7 Å². The number of aromatic nitrogens is 2. The lowest BCUT2D eigenvalue weighted by molar-refractivity contribution is -0.117. The summed E-state index contributed by atoms with van der Waals surface area (Å²) < 4.78 is 0.699. The van der Waals surface area contributed by atoms with Gasteiger partial charge in [0.15, 0.2) is 4.34 Å². The Morgan fingerprint density at radius 2 is 2.18 bits per heavy atom. The van der Waals surface area contributed by atoms with Gasteiger partial charge in [-0.25, -0.2) is 0 Å². The second-order valence-corrected chi connectivity index (χ2v) is 7.94. The molecule has 2 rings (SSSR count). The Balaban J connectivity index is 1.75. The number of hydrogen-bond acceptors (Lipinski definition) is 8. The van der Waals surface area contributed by atoms with E-state index in [4.69, 9.17) is 0 Å². The monoisotopic (exact) mass is 356 g/mol. The zero-order valence-corrected chi connectivity index (χ0v) is 14.6. The standard InChI is InChI=1S/C13H16N4O2S3/c1-8(2)6-14-12-16-17-13(22-12)21-7-10(18)15-11(19)9-4-3-5-20-9/h3-5,8H,6-7H2,1-2H3,(H,14,16)(H,15,18,19). The highest BCUT2D eigenvalue weighted by atomic mass is 32.2. The van der Waals surface area contributed by atoms with Crippen molar-refractivity contribution in [3.05, 3.63) is 22.4 Å². The molecule has 2 heterocycles. The van der Waals surface area contributed by atoms with E-state index in [1.54, 1.807) is 17.5 Å². The molecule has 0 atom stereocenters. The molecule has 0 aromatic carbocycles. The molecule has 0 aliphatic rings. The van der Waals surface area contributed by atoms with Crippen LogP contribution < -0.4 is 10.6 Å². The Morgan fingerprint density at radius 1 is 1.36 bits per heavy atom. The first kappa shape index (κ1) is 16.9. The molecule has 0 spiro atoms. The third kappa shape index (κ3) is 5.39. The van der Waals surface area contributed by atoms with Gasteiger partial charge in [0.25, 0.3) is 5.91 Å². The van der Waals surface area contributed by atoms with Crippen LogP contribution >= 0.6 is 34.4 Å². The van der Waals surface area contributed by atoms with Crippen molar-refractivity contribution < 1.29 is 9.59 Å². The van der Waals surface area contributed by atoms with Crippen LogP contribution in [0.15, 0.2) is 21.9 Å². The van der Waals surface area contributed by atoms with E-state index in [-0.39, 0.29) is 17.6 Å². The van der Waals surface area contributed by atoms with Crippen LogP contribution in [0, 0.1) is 5.92 Å². The van der Waals surface area contributed by atoms with E-state index in [1.165, 1.54) is 34.4 Å². The van der Waals surface area contributed by atoms with Crippen molar-refractivity contribution in [2.24, 2.45) is 5.92 Å². The highest BCUT2D eigenvalue weighted by molar-refractivity contribution is 8.01. The molecule has 0 fully saturated rings. The van der Waals surface area contributed by atoms with Gasteiger partial charge < -0.3 is 5.32 Å². The normalized spacial score (nSPS) is 10.7. The summed E-state index contributed by atoms with van der Waals surface area (Å²) >= 11 is 3.97. The number of thiophene rings is 1. The summed E-state index contributed by atoms with van der Waals surface area (Å²) in [4.78, 5) is 24.0. The van der Waals surface area contributed by atoms with Gasteiger partial charge in [0, 0.05) is 6.54 Å². The molecule has 0 bridgehead atoms. The van der Waals surface area contributed by atoms with Crippen molar-refractivity contribution >= 4 is 51.4 Å². The number of thioether (sulfide) groups is 1. The molecule has 6 nitrogen and oxygen atoms in total. The average Bonchev–Trinajstić information content (AvgIpc) is 3.14. The van der Waals surface area contributed by atoms with Crippen molar-refractivity contribution in [3.63, 3.8) is 0 Å². The third-order valence-corrected chi connectivity index (χ3v) is 5.28. The predicted molar refractivity (Wildman–Crippen MR) is 90.8 cm³/mol. The average molecular weight is 356 g/mol. The fraction of sp³-hybridized carbons (Fsp3) is 0.385. The molecule has 0 saturated heterocycles.